The fourth-order valence-electron chi connectivity index (χ4n) is 3.76. The summed E-state index contributed by atoms with van der Waals surface area (Å²) in [5, 5.41) is 7.44. The predicted octanol–water partition coefficient (Wildman–Crippen LogP) is 5.00. The number of thioether (sulfide) groups is 1. The first kappa shape index (κ1) is 25.3. The molecule has 0 radical (unpaired) electrons. The summed E-state index contributed by atoms with van der Waals surface area (Å²) in [6, 6.07) is 11.0. The zero-order valence-corrected chi connectivity index (χ0v) is 22.2. The third-order valence-corrected chi connectivity index (χ3v) is 7.36. The van der Waals surface area contributed by atoms with Crippen molar-refractivity contribution in [3.8, 4) is 0 Å². The maximum Gasteiger partial charge on any atom is 0.251 e. The van der Waals surface area contributed by atoms with Crippen molar-refractivity contribution in [2.24, 2.45) is 0 Å². The number of fused-ring (bicyclic) bond motifs is 2. The number of carbonyl (C=O) groups excluding carboxylic acids is 2. The molecule has 0 aliphatic rings. The zero-order chi connectivity index (χ0) is 24.9. The average molecular weight is 531 g/mol. The minimum absolute atomic E-state index is 0.0308. The van der Waals surface area contributed by atoms with Gasteiger partial charge in [-0.1, -0.05) is 22.9 Å². The number of aryl methyl sites for hydroxylation is 1. The summed E-state index contributed by atoms with van der Waals surface area (Å²) in [6.07, 6.45) is 2.01. The number of imidazole rings is 1. The monoisotopic (exact) mass is 530 g/mol. The van der Waals surface area contributed by atoms with E-state index in [2.05, 4.69) is 15.6 Å². The first-order valence-corrected chi connectivity index (χ1v) is 13.9. The van der Waals surface area contributed by atoms with Gasteiger partial charge in [-0.25, -0.2) is 9.97 Å². The number of anilines is 2. The van der Waals surface area contributed by atoms with Crippen LogP contribution in [0.3, 0.4) is 0 Å². The second-order valence-corrected chi connectivity index (χ2v) is 10.2. The summed E-state index contributed by atoms with van der Waals surface area (Å²) in [7, 11) is 0. The fraction of sp³-hybridized carbons (Fsp3) is 0.333. The molecule has 0 atom stereocenters. The molecule has 2 aromatic carbocycles. The molecule has 0 fully saturated rings. The number of hydrogen-bond donors (Lipinski definition) is 2. The van der Waals surface area contributed by atoms with E-state index >= 15 is 0 Å². The van der Waals surface area contributed by atoms with Gasteiger partial charge in [-0.3, -0.25) is 9.59 Å². The van der Waals surface area contributed by atoms with Crippen LogP contribution in [0.1, 0.15) is 24.2 Å². The number of likely N-dealkylation sites (N-methyl/N-ethyl adjacent to an activating group) is 1. The lowest BCUT2D eigenvalue weighted by atomic mass is 10.2. The molecule has 0 saturated carbocycles. The molecule has 2 N–H and O–H groups in total. The van der Waals surface area contributed by atoms with E-state index < -0.39 is 0 Å². The third kappa shape index (κ3) is 5.71. The van der Waals surface area contributed by atoms with Gasteiger partial charge in [0.25, 0.3) is 5.91 Å². The second-order valence-electron chi connectivity index (χ2n) is 7.79. The van der Waals surface area contributed by atoms with Crippen LogP contribution in [-0.4, -0.2) is 62.9 Å². The molecule has 2 heterocycles. The number of amides is 2. The number of carbonyl (C=O) groups is 2. The standard InChI is InChI=1S/C24H27ClN6O2S2/c1-4-30(10-11-34-3)21(32)14-26-22(33)15-6-9-19-18(12-15)27-23(31(19)5-2)29-24-28-17-8-7-16(25)13-20(17)35-24/h6-9,12-13H,4-5,10-11,14H2,1-3H3,(H,26,33)(H,27,28,29). The Hall–Kier alpha value is -2.82. The number of benzene rings is 2. The Morgan fingerprint density at radius 2 is 1.97 bits per heavy atom. The molecule has 0 aliphatic carbocycles. The number of hydrogen-bond acceptors (Lipinski definition) is 7. The molecule has 2 amide bonds. The first-order valence-electron chi connectivity index (χ1n) is 11.3. The van der Waals surface area contributed by atoms with Gasteiger partial charge in [0, 0.05) is 36.0 Å². The summed E-state index contributed by atoms with van der Waals surface area (Å²) in [6.45, 7) is 5.92. The molecule has 0 spiro atoms. The molecule has 0 aliphatic heterocycles. The summed E-state index contributed by atoms with van der Waals surface area (Å²) >= 11 is 9.29. The highest BCUT2D eigenvalue weighted by Crippen LogP contribution is 2.31. The van der Waals surface area contributed by atoms with E-state index in [0.29, 0.717) is 46.8 Å². The Bertz CT molecular complexity index is 1370. The Morgan fingerprint density at radius 1 is 1.14 bits per heavy atom. The highest BCUT2D eigenvalue weighted by molar-refractivity contribution is 7.98. The normalized spacial score (nSPS) is 11.2. The van der Waals surface area contributed by atoms with Gasteiger partial charge in [0.15, 0.2) is 5.13 Å². The zero-order valence-electron chi connectivity index (χ0n) is 19.8. The van der Waals surface area contributed by atoms with E-state index in [9.17, 15) is 9.59 Å². The van der Waals surface area contributed by atoms with Gasteiger partial charge in [0.05, 0.1) is 27.8 Å². The molecule has 2 aromatic heterocycles. The summed E-state index contributed by atoms with van der Waals surface area (Å²) in [5.41, 5.74) is 2.91. The Balaban J connectivity index is 1.50. The predicted molar refractivity (Wildman–Crippen MR) is 146 cm³/mol. The minimum atomic E-state index is -0.301. The van der Waals surface area contributed by atoms with Crippen molar-refractivity contribution < 1.29 is 9.59 Å². The van der Waals surface area contributed by atoms with Gasteiger partial charge in [-0.15, -0.1) is 0 Å². The van der Waals surface area contributed by atoms with Crippen LogP contribution in [0.4, 0.5) is 11.1 Å². The topological polar surface area (TPSA) is 92.2 Å². The van der Waals surface area contributed by atoms with Crippen LogP contribution in [0, 0.1) is 0 Å². The maximum atomic E-state index is 12.7. The smallest absolute Gasteiger partial charge is 0.251 e. The molecular formula is C24H27ClN6O2S2. The van der Waals surface area contributed by atoms with Crippen LogP contribution in [-0.2, 0) is 11.3 Å². The van der Waals surface area contributed by atoms with E-state index in [1.807, 2.05) is 48.9 Å². The van der Waals surface area contributed by atoms with Crippen LogP contribution >= 0.6 is 34.7 Å². The van der Waals surface area contributed by atoms with E-state index in [1.165, 1.54) is 11.3 Å². The molecule has 11 heteroatoms. The maximum absolute atomic E-state index is 12.7. The van der Waals surface area contributed by atoms with Crippen LogP contribution in [0.2, 0.25) is 5.02 Å². The molecule has 184 valence electrons. The molecule has 4 rings (SSSR count). The molecule has 8 nitrogen and oxygen atoms in total. The molecule has 0 saturated heterocycles. The second kappa shape index (κ2) is 11.3. The SMILES string of the molecule is CCN(CCSC)C(=O)CNC(=O)c1ccc2c(c1)nc(Nc1nc3ccc(Cl)cc3s1)n2CC. The van der Waals surface area contributed by atoms with Crippen molar-refractivity contribution in [1.82, 2.24) is 24.8 Å². The number of rotatable bonds is 10. The van der Waals surface area contributed by atoms with Crippen molar-refractivity contribution in [2.45, 2.75) is 20.4 Å². The van der Waals surface area contributed by atoms with Crippen molar-refractivity contribution in [3.63, 3.8) is 0 Å². The van der Waals surface area contributed by atoms with Gasteiger partial charge in [0.1, 0.15) is 0 Å². The highest BCUT2D eigenvalue weighted by Gasteiger charge is 2.16. The lowest BCUT2D eigenvalue weighted by molar-refractivity contribution is -0.129. The number of halogens is 1. The summed E-state index contributed by atoms with van der Waals surface area (Å²) < 4.78 is 3.02. The van der Waals surface area contributed by atoms with E-state index in [-0.39, 0.29) is 18.4 Å². The van der Waals surface area contributed by atoms with E-state index in [1.54, 1.807) is 28.8 Å². The minimum Gasteiger partial charge on any atom is -0.343 e. The van der Waals surface area contributed by atoms with Crippen LogP contribution in [0.15, 0.2) is 36.4 Å². The molecule has 0 bridgehead atoms. The van der Waals surface area contributed by atoms with Gasteiger partial charge in [-0.05, 0) is 56.5 Å². The van der Waals surface area contributed by atoms with Crippen molar-refractivity contribution in [3.05, 3.63) is 47.0 Å². The quantitative estimate of drug-likeness (QED) is 0.299. The van der Waals surface area contributed by atoms with Crippen LogP contribution in [0.25, 0.3) is 21.3 Å². The number of nitrogens with one attached hydrogen (secondary N) is 2. The molecule has 4 aromatic rings. The lowest BCUT2D eigenvalue weighted by Crippen LogP contribution is -2.41. The van der Waals surface area contributed by atoms with E-state index in [0.717, 1.165) is 21.5 Å². The average Bonchev–Trinajstić information content (AvgIpc) is 3.41. The van der Waals surface area contributed by atoms with Crippen molar-refractivity contribution in [2.75, 3.05) is 37.0 Å². The number of aromatic nitrogens is 3. The molecule has 35 heavy (non-hydrogen) atoms. The fourth-order valence-corrected chi connectivity index (χ4v) is 5.30. The van der Waals surface area contributed by atoms with Gasteiger partial charge < -0.3 is 20.1 Å². The molecular weight excluding hydrogens is 504 g/mol. The Kier molecular flexibility index (Phi) is 8.15. The van der Waals surface area contributed by atoms with Gasteiger partial charge in [-0.2, -0.15) is 11.8 Å². The van der Waals surface area contributed by atoms with Gasteiger partial charge in [0.2, 0.25) is 11.9 Å². The Morgan fingerprint density at radius 3 is 2.71 bits per heavy atom. The largest absolute Gasteiger partial charge is 0.343 e. The third-order valence-electron chi connectivity index (χ3n) is 5.60. The van der Waals surface area contributed by atoms with Gasteiger partial charge >= 0.3 is 0 Å². The van der Waals surface area contributed by atoms with Crippen LogP contribution in [0.5, 0.6) is 0 Å². The highest BCUT2D eigenvalue weighted by atomic mass is 35.5. The summed E-state index contributed by atoms with van der Waals surface area (Å²) in [5.74, 6) is 1.12. The van der Waals surface area contributed by atoms with E-state index in [4.69, 9.17) is 16.6 Å². The number of thiazole rings is 1. The van der Waals surface area contributed by atoms with Crippen LogP contribution < -0.4 is 10.6 Å². The lowest BCUT2D eigenvalue weighted by Gasteiger charge is -2.20. The first-order chi connectivity index (χ1) is 16.9. The van der Waals surface area contributed by atoms with Crippen molar-refractivity contribution in [1.29, 1.82) is 0 Å². The summed E-state index contributed by atoms with van der Waals surface area (Å²) in [4.78, 5) is 36.3. The van der Waals surface area contributed by atoms with Crippen molar-refractivity contribution >= 4 is 78.8 Å². The molecule has 0 unspecified atom stereocenters. The number of nitrogens with zero attached hydrogens (tertiary/aromatic N) is 4. The Labute approximate surface area is 217 Å².